The third kappa shape index (κ3) is 2.85. The van der Waals surface area contributed by atoms with Gasteiger partial charge in [-0.05, 0) is 25.0 Å². The average Bonchev–Trinajstić information content (AvgIpc) is 2.33. The van der Waals surface area contributed by atoms with Gasteiger partial charge in [-0.2, -0.15) is 0 Å². The molecular formula is C12H18FN3O. The molecule has 0 spiro atoms. The van der Waals surface area contributed by atoms with Crippen LogP contribution in [0.4, 0.5) is 15.9 Å². The van der Waals surface area contributed by atoms with Crippen LogP contribution in [0.15, 0.2) is 18.3 Å². The van der Waals surface area contributed by atoms with Gasteiger partial charge in [0, 0.05) is 19.0 Å². The second-order valence-corrected chi connectivity index (χ2v) is 4.49. The molecule has 1 aliphatic heterocycles. The van der Waals surface area contributed by atoms with Crippen LogP contribution in [0.3, 0.4) is 0 Å². The highest BCUT2D eigenvalue weighted by atomic mass is 19.1. The Hall–Kier alpha value is -1.36. The second-order valence-electron chi connectivity index (χ2n) is 4.49. The third-order valence-electron chi connectivity index (χ3n) is 3.27. The first kappa shape index (κ1) is 12.1. The largest absolute Gasteiger partial charge is 0.397 e. The van der Waals surface area contributed by atoms with E-state index in [2.05, 4.69) is 9.88 Å². The summed E-state index contributed by atoms with van der Waals surface area (Å²) in [7, 11) is 0. The third-order valence-corrected chi connectivity index (χ3v) is 3.27. The van der Waals surface area contributed by atoms with Gasteiger partial charge in [0.15, 0.2) is 0 Å². The van der Waals surface area contributed by atoms with Crippen molar-refractivity contribution in [3.8, 4) is 0 Å². The summed E-state index contributed by atoms with van der Waals surface area (Å²) in [4.78, 5) is 6.32. The lowest BCUT2D eigenvalue weighted by Crippen LogP contribution is -2.43. The molecule has 0 unspecified atom stereocenters. The zero-order chi connectivity index (χ0) is 12.3. The van der Waals surface area contributed by atoms with Crippen molar-refractivity contribution in [3.05, 3.63) is 18.3 Å². The van der Waals surface area contributed by atoms with Crippen molar-refractivity contribution in [1.82, 2.24) is 4.98 Å². The maximum atomic E-state index is 12.4. The van der Waals surface area contributed by atoms with Crippen LogP contribution < -0.4 is 10.6 Å². The highest BCUT2D eigenvalue weighted by Gasteiger charge is 2.27. The van der Waals surface area contributed by atoms with Crippen molar-refractivity contribution < 1.29 is 9.50 Å². The van der Waals surface area contributed by atoms with Gasteiger partial charge >= 0.3 is 0 Å². The second kappa shape index (κ2) is 5.31. The molecule has 2 atom stereocenters. The van der Waals surface area contributed by atoms with E-state index in [4.69, 9.17) is 5.73 Å². The number of hydrogen-bond acceptors (Lipinski definition) is 4. The number of halogens is 1. The summed E-state index contributed by atoms with van der Waals surface area (Å²) in [5, 5.41) is 9.78. The molecule has 0 aliphatic carbocycles. The number of pyridine rings is 1. The van der Waals surface area contributed by atoms with Crippen LogP contribution in [-0.2, 0) is 0 Å². The van der Waals surface area contributed by atoms with E-state index in [1.807, 2.05) is 6.07 Å². The van der Waals surface area contributed by atoms with Crippen molar-refractivity contribution in [1.29, 1.82) is 0 Å². The van der Waals surface area contributed by atoms with E-state index in [0.29, 0.717) is 25.1 Å². The molecule has 1 saturated heterocycles. The monoisotopic (exact) mass is 239 g/mol. The fourth-order valence-corrected chi connectivity index (χ4v) is 2.24. The number of aromatic nitrogens is 1. The van der Waals surface area contributed by atoms with Crippen LogP contribution in [0.1, 0.15) is 12.8 Å². The Balaban J connectivity index is 2.04. The molecule has 0 bridgehead atoms. The molecule has 1 aliphatic rings. The Labute approximate surface area is 100 Å². The first-order valence-electron chi connectivity index (χ1n) is 5.91. The molecule has 17 heavy (non-hydrogen) atoms. The molecule has 0 saturated carbocycles. The molecule has 94 valence electrons. The number of anilines is 2. The molecule has 3 N–H and O–H groups in total. The lowest BCUT2D eigenvalue weighted by Gasteiger charge is -2.36. The Morgan fingerprint density at radius 3 is 3.00 bits per heavy atom. The van der Waals surface area contributed by atoms with Crippen LogP contribution in [0, 0.1) is 5.92 Å². The van der Waals surface area contributed by atoms with E-state index >= 15 is 0 Å². The quantitative estimate of drug-likeness (QED) is 0.832. The lowest BCUT2D eigenvalue weighted by atomic mass is 9.92. The summed E-state index contributed by atoms with van der Waals surface area (Å²) in [6, 6.07) is 3.66. The number of rotatable bonds is 3. The minimum absolute atomic E-state index is 0.00639. The first-order valence-corrected chi connectivity index (χ1v) is 5.91. The molecular weight excluding hydrogens is 221 g/mol. The minimum atomic E-state index is -0.393. The molecule has 1 aromatic heterocycles. The number of alkyl halides is 1. The summed E-state index contributed by atoms with van der Waals surface area (Å²) in [5.74, 6) is 0.836. The van der Waals surface area contributed by atoms with Gasteiger partial charge in [-0.25, -0.2) is 4.98 Å². The van der Waals surface area contributed by atoms with E-state index < -0.39 is 6.10 Å². The van der Waals surface area contributed by atoms with Gasteiger partial charge in [-0.3, -0.25) is 4.39 Å². The summed E-state index contributed by atoms with van der Waals surface area (Å²) in [5.41, 5.74) is 6.21. The fourth-order valence-electron chi connectivity index (χ4n) is 2.24. The highest BCUT2D eigenvalue weighted by molar-refractivity contribution is 5.46. The van der Waals surface area contributed by atoms with E-state index in [1.165, 1.54) is 0 Å². The normalized spacial score (nSPS) is 24.9. The smallest absolute Gasteiger partial charge is 0.128 e. The van der Waals surface area contributed by atoms with Crippen LogP contribution in [0.5, 0.6) is 0 Å². The van der Waals surface area contributed by atoms with Crippen LogP contribution >= 0.6 is 0 Å². The summed E-state index contributed by atoms with van der Waals surface area (Å²) >= 11 is 0. The molecule has 5 heteroatoms. The Morgan fingerprint density at radius 1 is 1.53 bits per heavy atom. The van der Waals surface area contributed by atoms with Gasteiger partial charge in [0.25, 0.3) is 0 Å². The number of nitrogen functional groups attached to an aromatic ring is 1. The molecule has 0 radical (unpaired) electrons. The Morgan fingerprint density at radius 2 is 2.35 bits per heavy atom. The van der Waals surface area contributed by atoms with Gasteiger partial charge in [0.2, 0.25) is 0 Å². The molecule has 2 rings (SSSR count). The average molecular weight is 239 g/mol. The van der Waals surface area contributed by atoms with Crippen molar-refractivity contribution >= 4 is 11.5 Å². The predicted octanol–water partition coefficient (Wildman–Crippen LogP) is 1.21. The molecule has 4 nitrogen and oxygen atoms in total. The van der Waals surface area contributed by atoms with Crippen molar-refractivity contribution in [2.24, 2.45) is 5.92 Å². The van der Waals surface area contributed by atoms with Crippen molar-refractivity contribution in [2.75, 3.05) is 30.4 Å². The molecule has 0 aromatic carbocycles. The fraction of sp³-hybridized carbons (Fsp3) is 0.583. The van der Waals surface area contributed by atoms with Gasteiger partial charge in [-0.15, -0.1) is 0 Å². The van der Waals surface area contributed by atoms with Gasteiger partial charge in [0.05, 0.1) is 24.7 Å². The number of nitrogens with zero attached hydrogens (tertiary/aromatic N) is 2. The van der Waals surface area contributed by atoms with Crippen LogP contribution in [-0.4, -0.2) is 36.0 Å². The van der Waals surface area contributed by atoms with Crippen molar-refractivity contribution in [3.63, 3.8) is 0 Å². The minimum Gasteiger partial charge on any atom is -0.397 e. The molecule has 1 aromatic rings. The zero-order valence-corrected chi connectivity index (χ0v) is 9.72. The molecule has 0 amide bonds. The van der Waals surface area contributed by atoms with E-state index in [1.54, 1.807) is 12.3 Å². The topological polar surface area (TPSA) is 62.4 Å². The number of nitrogens with two attached hydrogens (primary N) is 1. The SMILES string of the molecule is Nc1ccc(N2CC[C@H](O)[C@@H](CCF)C2)nc1. The maximum absolute atomic E-state index is 12.4. The van der Waals surface area contributed by atoms with Gasteiger partial charge in [-0.1, -0.05) is 0 Å². The van der Waals surface area contributed by atoms with E-state index in [9.17, 15) is 9.50 Å². The standard InChI is InChI=1S/C12H18FN3O/c13-5-3-9-8-16(6-4-11(9)17)12-2-1-10(14)7-15-12/h1-2,7,9,11,17H,3-6,8,14H2/t9-,11-/m0/s1. The van der Waals surface area contributed by atoms with E-state index in [0.717, 1.165) is 12.4 Å². The zero-order valence-electron chi connectivity index (χ0n) is 9.72. The summed E-state index contributed by atoms with van der Waals surface area (Å²) in [6.07, 6.45) is 2.30. The van der Waals surface area contributed by atoms with E-state index in [-0.39, 0.29) is 12.6 Å². The first-order chi connectivity index (χ1) is 8.20. The maximum Gasteiger partial charge on any atom is 0.128 e. The number of hydrogen-bond donors (Lipinski definition) is 2. The lowest BCUT2D eigenvalue weighted by molar-refractivity contribution is 0.0792. The van der Waals surface area contributed by atoms with Crippen LogP contribution in [0.2, 0.25) is 0 Å². The van der Waals surface area contributed by atoms with Crippen LogP contribution in [0.25, 0.3) is 0 Å². The summed E-state index contributed by atoms with van der Waals surface area (Å²) < 4.78 is 12.4. The number of aliphatic hydroxyl groups excluding tert-OH is 1. The predicted molar refractivity (Wildman–Crippen MR) is 65.6 cm³/mol. The Bertz CT molecular complexity index is 357. The highest BCUT2D eigenvalue weighted by Crippen LogP contribution is 2.24. The Kier molecular flexibility index (Phi) is 3.78. The molecule has 2 heterocycles. The summed E-state index contributed by atoms with van der Waals surface area (Å²) in [6.45, 7) is 1.02. The van der Waals surface area contributed by atoms with Gasteiger partial charge in [0.1, 0.15) is 5.82 Å². The number of piperidine rings is 1. The molecule has 1 fully saturated rings. The number of aliphatic hydroxyl groups is 1. The van der Waals surface area contributed by atoms with Gasteiger partial charge < -0.3 is 15.7 Å². The van der Waals surface area contributed by atoms with Crippen molar-refractivity contribution in [2.45, 2.75) is 18.9 Å².